The van der Waals surface area contributed by atoms with Gasteiger partial charge in [-0.2, -0.15) is 0 Å². The van der Waals surface area contributed by atoms with Crippen molar-refractivity contribution in [2.75, 3.05) is 13.1 Å². The maximum atomic E-state index is 13.7. The molecule has 0 saturated carbocycles. The topological polar surface area (TPSA) is 40.5 Å². The molecule has 3 rings (SSSR count). The van der Waals surface area contributed by atoms with E-state index >= 15 is 0 Å². The highest BCUT2D eigenvalue weighted by Crippen LogP contribution is 2.24. The summed E-state index contributed by atoms with van der Waals surface area (Å²) in [4.78, 5) is 13.3. The van der Waals surface area contributed by atoms with Crippen molar-refractivity contribution in [3.05, 3.63) is 71.0 Å². The van der Waals surface area contributed by atoms with Crippen molar-refractivity contribution in [3.8, 4) is 0 Å². The minimum absolute atomic E-state index is 0.0987. The minimum Gasteiger partial charge on any atom is -0.478 e. The monoisotopic (exact) mass is 327 g/mol. The van der Waals surface area contributed by atoms with Gasteiger partial charge in [-0.1, -0.05) is 30.3 Å². The fourth-order valence-electron chi connectivity index (χ4n) is 3.33. The van der Waals surface area contributed by atoms with E-state index in [4.69, 9.17) is 5.11 Å². The Labute approximate surface area is 141 Å². The number of benzene rings is 2. The van der Waals surface area contributed by atoms with Crippen LogP contribution in [0.1, 0.15) is 34.3 Å². The van der Waals surface area contributed by atoms with E-state index in [2.05, 4.69) is 4.90 Å². The lowest BCUT2D eigenvalue weighted by Gasteiger charge is -2.32. The number of aromatic carboxylic acids is 1. The number of hydrogen-bond donors (Lipinski definition) is 1. The number of piperidine rings is 1. The maximum absolute atomic E-state index is 13.7. The Bertz CT molecular complexity index is 691. The van der Waals surface area contributed by atoms with E-state index in [-0.39, 0.29) is 5.82 Å². The van der Waals surface area contributed by atoms with Gasteiger partial charge < -0.3 is 5.11 Å². The van der Waals surface area contributed by atoms with E-state index in [1.807, 2.05) is 24.3 Å². The van der Waals surface area contributed by atoms with Crippen molar-refractivity contribution in [1.29, 1.82) is 0 Å². The van der Waals surface area contributed by atoms with Crippen LogP contribution in [0.25, 0.3) is 0 Å². The predicted molar refractivity (Wildman–Crippen MR) is 91.5 cm³/mol. The standard InChI is InChI=1S/C20H22FNO2/c21-19-4-2-1-3-18(19)13-15-9-11-22(12-10-15)14-16-5-7-17(8-6-16)20(23)24/h1-8,15H,9-14H2,(H,23,24). The lowest BCUT2D eigenvalue weighted by atomic mass is 9.90. The zero-order chi connectivity index (χ0) is 16.9. The Morgan fingerprint density at radius 2 is 1.75 bits per heavy atom. The molecule has 24 heavy (non-hydrogen) atoms. The minimum atomic E-state index is -0.893. The van der Waals surface area contributed by atoms with E-state index in [0.717, 1.165) is 50.0 Å². The van der Waals surface area contributed by atoms with Gasteiger partial charge >= 0.3 is 5.97 Å². The first-order valence-electron chi connectivity index (χ1n) is 8.40. The summed E-state index contributed by atoms with van der Waals surface area (Å²) in [5.74, 6) is -0.457. The van der Waals surface area contributed by atoms with Gasteiger partial charge in [-0.05, 0) is 67.6 Å². The fourth-order valence-corrected chi connectivity index (χ4v) is 3.33. The molecule has 1 fully saturated rings. The molecule has 1 aliphatic heterocycles. The fraction of sp³-hybridized carbons (Fsp3) is 0.350. The van der Waals surface area contributed by atoms with Crippen LogP contribution in [0.3, 0.4) is 0 Å². The first-order valence-corrected chi connectivity index (χ1v) is 8.40. The van der Waals surface area contributed by atoms with E-state index in [0.29, 0.717) is 11.5 Å². The molecule has 4 heteroatoms. The molecule has 1 aliphatic rings. The molecule has 0 spiro atoms. The van der Waals surface area contributed by atoms with Crippen molar-refractivity contribution in [3.63, 3.8) is 0 Å². The molecule has 1 N–H and O–H groups in total. The first-order chi connectivity index (χ1) is 11.6. The lowest BCUT2D eigenvalue weighted by molar-refractivity contribution is 0.0697. The summed E-state index contributed by atoms with van der Waals surface area (Å²) in [6, 6.07) is 14.1. The van der Waals surface area contributed by atoms with Gasteiger partial charge in [0.1, 0.15) is 5.82 Å². The van der Waals surface area contributed by atoms with E-state index in [1.54, 1.807) is 18.2 Å². The molecular weight excluding hydrogens is 305 g/mol. The lowest BCUT2D eigenvalue weighted by Crippen LogP contribution is -2.33. The van der Waals surface area contributed by atoms with Crippen molar-refractivity contribution in [2.45, 2.75) is 25.8 Å². The normalized spacial score (nSPS) is 16.2. The van der Waals surface area contributed by atoms with Crippen LogP contribution in [0.15, 0.2) is 48.5 Å². The third-order valence-electron chi connectivity index (χ3n) is 4.78. The highest BCUT2D eigenvalue weighted by Gasteiger charge is 2.20. The van der Waals surface area contributed by atoms with Crippen molar-refractivity contribution in [2.24, 2.45) is 5.92 Å². The molecule has 0 radical (unpaired) electrons. The molecule has 1 saturated heterocycles. The van der Waals surface area contributed by atoms with Gasteiger partial charge in [-0.15, -0.1) is 0 Å². The zero-order valence-corrected chi connectivity index (χ0v) is 13.6. The molecule has 0 aromatic heterocycles. The van der Waals surface area contributed by atoms with Gasteiger partial charge in [-0.3, -0.25) is 4.90 Å². The number of carboxylic acids is 1. The van der Waals surface area contributed by atoms with Crippen LogP contribution >= 0.6 is 0 Å². The zero-order valence-electron chi connectivity index (χ0n) is 13.6. The van der Waals surface area contributed by atoms with Crippen LogP contribution in [-0.4, -0.2) is 29.1 Å². The summed E-state index contributed by atoms with van der Waals surface area (Å²) in [6.45, 7) is 2.84. The molecule has 2 aromatic rings. The molecule has 0 amide bonds. The summed E-state index contributed by atoms with van der Waals surface area (Å²) >= 11 is 0. The molecule has 0 aliphatic carbocycles. The number of rotatable bonds is 5. The number of carbonyl (C=O) groups is 1. The molecular formula is C20H22FNO2. The summed E-state index contributed by atoms with van der Waals surface area (Å²) in [7, 11) is 0. The number of likely N-dealkylation sites (tertiary alicyclic amines) is 1. The van der Waals surface area contributed by atoms with Gasteiger partial charge in [0.25, 0.3) is 0 Å². The van der Waals surface area contributed by atoms with Crippen molar-refractivity contribution < 1.29 is 14.3 Å². The SMILES string of the molecule is O=C(O)c1ccc(CN2CCC(Cc3ccccc3F)CC2)cc1. The third-order valence-corrected chi connectivity index (χ3v) is 4.78. The Kier molecular flexibility index (Phi) is 5.26. The smallest absolute Gasteiger partial charge is 0.335 e. The van der Waals surface area contributed by atoms with E-state index < -0.39 is 5.97 Å². The largest absolute Gasteiger partial charge is 0.478 e. The third kappa shape index (κ3) is 4.20. The van der Waals surface area contributed by atoms with Crippen LogP contribution in [0.5, 0.6) is 0 Å². The van der Waals surface area contributed by atoms with Crippen LogP contribution in [-0.2, 0) is 13.0 Å². The van der Waals surface area contributed by atoms with Crippen LogP contribution < -0.4 is 0 Å². The molecule has 3 nitrogen and oxygen atoms in total. The average molecular weight is 327 g/mol. The highest BCUT2D eigenvalue weighted by atomic mass is 19.1. The van der Waals surface area contributed by atoms with Gasteiger partial charge in [0.05, 0.1) is 5.56 Å². The molecule has 0 unspecified atom stereocenters. The van der Waals surface area contributed by atoms with Crippen LogP contribution in [0.2, 0.25) is 0 Å². The van der Waals surface area contributed by atoms with Crippen molar-refractivity contribution >= 4 is 5.97 Å². The average Bonchev–Trinajstić information content (AvgIpc) is 2.59. The summed E-state index contributed by atoms with van der Waals surface area (Å²) in [5.41, 5.74) is 2.27. The molecule has 0 atom stereocenters. The van der Waals surface area contributed by atoms with Gasteiger partial charge in [-0.25, -0.2) is 9.18 Å². The Hall–Kier alpha value is -2.20. The number of hydrogen-bond acceptors (Lipinski definition) is 2. The van der Waals surface area contributed by atoms with E-state index in [9.17, 15) is 9.18 Å². The van der Waals surface area contributed by atoms with Gasteiger partial charge in [0.2, 0.25) is 0 Å². The molecule has 126 valence electrons. The van der Waals surface area contributed by atoms with Crippen molar-refractivity contribution in [1.82, 2.24) is 4.90 Å². The molecule has 1 heterocycles. The van der Waals surface area contributed by atoms with Crippen LogP contribution in [0, 0.1) is 11.7 Å². The second-order valence-electron chi connectivity index (χ2n) is 6.52. The molecule has 0 bridgehead atoms. The quantitative estimate of drug-likeness (QED) is 0.903. The number of halogens is 1. The maximum Gasteiger partial charge on any atom is 0.335 e. The second-order valence-corrected chi connectivity index (χ2v) is 6.52. The number of nitrogens with zero attached hydrogens (tertiary/aromatic N) is 1. The summed E-state index contributed by atoms with van der Waals surface area (Å²) in [6.07, 6.45) is 2.96. The van der Waals surface area contributed by atoms with Gasteiger partial charge in [0, 0.05) is 6.54 Å². The Morgan fingerprint density at radius 3 is 2.38 bits per heavy atom. The molecule has 2 aromatic carbocycles. The second kappa shape index (κ2) is 7.58. The number of carboxylic acid groups (broad SMARTS) is 1. The van der Waals surface area contributed by atoms with E-state index in [1.165, 1.54) is 6.07 Å². The summed E-state index contributed by atoms with van der Waals surface area (Å²) < 4.78 is 13.7. The Morgan fingerprint density at radius 1 is 1.08 bits per heavy atom. The highest BCUT2D eigenvalue weighted by molar-refractivity contribution is 5.87. The summed E-state index contributed by atoms with van der Waals surface area (Å²) in [5, 5.41) is 8.93. The van der Waals surface area contributed by atoms with Crippen LogP contribution in [0.4, 0.5) is 4.39 Å². The first kappa shape index (κ1) is 16.7. The van der Waals surface area contributed by atoms with Gasteiger partial charge in [0.15, 0.2) is 0 Å². The predicted octanol–water partition coefficient (Wildman–Crippen LogP) is 3.98. The Balaban J connectivity index is 1.50.